The molecule has 0 saturated carbocycles. The zero-order chi connectivity index (χ0) is 20.3. The summed E-state index contributed by atoms with van der Waals surface area (Å²) in [6, 6.07) is 0. The van der Waals surface area contributed by atoms with E-state index >= 15 is 0 Å². The average molecular weight is 383 g/mol. The zero-order valence-corrected chi connectivity index (χ0v) is 16.5. The molecule has 148 valence electrons. The van der Waals surface area contributed by atoms with Crippen molar-refractivity contribution in [3.63, 3.8) is 0 Å². The number of carbonyl (C=O) groups is 2. The molecule has 0 saturated heterocycles. The highest BCUT2D eigenvalue weighted by molar-refractivity contribution is 7.47. The molecule has 0 heterocycles. The molecule has 25 heavy (non-hydrogen) atoms. The number of hydrogen-bond donors (Lipinski definition) is 2. The van der Waals surface area contributed by atoms with Gasteiger partial charge in [0.1, 0.15) is 13.2 Å². The minimum atomic E-state index is -3.81. The standard InChI is InChI=1S/C8H20NO4P.C7H10O4/c1-5-7-12-14(10,11)13-8-6-9(2,3)4;1-3-5(7(10)11)4(2)6(8)9/h5-8H2,1-4H3;5H,2-3H2,1H3,(H,8,9)(H,10,11). The summed E-state index contributed by atoms with van der Waals surface area (Å²) in [6.45, 7) is 7.70. The fourth-order valence-electron chi connectivity index (χ4n) is 1.38. The second kappa shape index (κ2) is 12.2. The zero-order valence-electron chi connectivity index (χ0n) is 15.6. The lowest BCUT2D eigenvalue weighted by molar-refractivity contribution is -0.870. The quantitative estimate of drug-likeness (QED) is 0.302. The Kier molecular flexibility index (Phi) is 12.6. The van der Waals surface area contributed by atoms with Crippen LogP contribution in [0.25, 0.3) is 0 Å². The highest BCUT2D eigenvalue weighted by atomic mass is 31.2. The summed E-state index contributed by atoms with van der Waals surface area (Å²) >= 11 is 0. The fourth-order valence-corrected chi connectivity index (χ4v) is 2.18. The summed E-state index contributed by atoms with van der Waals surface area (Å²) in [6.07, 6.45) is 0.886. The van der Waals surface area contributed by atoms with Crippen molar-refractivity contribution >= 4 is 19.8 Å². The first-order chi connectivity index (χ1) is 11.3. The summed E-state index contributed by atoms with van der Waals surface area (Å²) in [4.78, 5) is 29.6. The molecule has 0 aromatic carbocycles. The molecular formula is C15H30NO8P. The summed E-state index contributed by atoms with van der Waals surface area (Å²) in [5, 5.41) is 18.6. The first-order valence-corrected chi connectivity index (χ1v) is 9.32. The summed E-state index contributed by atoms with van der Waals surface area (Å²) in [5.41, 5.74) is -0.326. The van der Waals surface area contributed by atoms with Crippen LogP contribution >= 0.6 is 7.82 Å². The van der Waals surface area contributed by atoms with Gasteiger partial charge in [0.15, 0.2) is 0 Å². The Morgan fingerprint density at radius 3 is 1.96 bits per heavy atom. The van der Waals surface area contributed by atoms with Crippen LogP contribution in [0.4, 0.5) is 0 Å². The van der Waals surface area contributed by atoms with Crippen LogP contribution in [0, 0.1) is 5.92 Å². The van der Waals surface area contributed by atoms with Gasteiger partial charge in [-0.3, -0.25) is 9.05 Å². The minimum Gasteiger partial charge on any atom is -0.549 e. The smallest absolute Gasteiger partial charge is 0.472 e. The Morgan fingerprint density at radius 2 is 1.68 bits per heavy atom. The molecule has 0 aromatic heterocycles. The van der Waals surface area contributed by atoms with Crippen LogP contribution in [0.5, 0.6) is 0 Å². The van der Waals surface area contributed by atoms with E-state index in [0.717, 1.165) is 0 Å². The number of carboxylic acids is 2. The van der Waals surface area contributed by atoms with E-state index in [1.807, 2.05) is 28.1 Å². The van der Waals surface area contributed by atoms with Crippen LogP contribution in [0.2, 0.25) is 0 Å². The van der Waals surface area contributed by atoms with E-state index in [9.17, 15) is 19.3 Å². The molecule has 0 radical (unpaired) electrons. The van der Waals surface area contributed by atoms with Crippen molar-refractivity contribution in [1.29, 1.82) is 0 Å². The summed E-state index contributed by atoms with van der Waals surface area (Å²) in [7, 11) is 2.15. The van der Waals surface area contributed by atoms with Gasteiger partial charge in [0.05, 0.1) is 27.7 Å². The SMILES string of the molecule is C=C(C(=O)O)C(CC)C(=O)[O-].CCCOP(=O)(O)OCC[N+](C)(C)C. The summed E-state index contributed by atoms with van der Waals surface area (Å²) < 4.78 is 21.3. The van der Waals surface area contributed by atoms with Gasteiger partial charge >= 0.3 is 13.8 Å². The lowest BCUT2D eigenvalue weighted by atomic mass is 9.98. The van der Waals surface area contributed by atoms with Gasteiger partial charge in [-0.1, -0.05) is 20.4 Å². The molecule has 0 amide bonds. The molecule has 2 N–H and O–H groups in total. The first-order valence-electron chi connectivity index (χ1n) is 7.82. The van der Waals surface area contributed by atoms with Crippen LogP contribution in [0.3, 0.4) is 0 Å². The van der Waals surface area contributed by atoms with E-state index in [1.54, 1.807) is 6.92 Å². The van der Waals surface area contributed by atoms with Crippen LogP contribution in [0.15, 0.2) is 12.2 Å². The molecule has 9 nitrogen and oxygen atoms in total. The lowest BCUT2D eigenvalue weighted by Gasteiger charge is -2.23. The van der Waals surface area contributed by atoms with Crippen molar-refractivity contribution in [2.45, 2.75) is 26.7 Å². The maximum Gasteiger partial charge on any atom is 0.472 e. The molecule has 2 atom stereocenters. The van der Waals surface area contributed by atoms with Crippen molar-refractivity contribution in [3.8, 4) is 0 Å². The predicted molar refractivity (Wildman–Crippen MR) is 90.5 cm³/mol. The van der Waals surface area contributed by atoms with Crippen LogP contribution in [-0.4, -0.2) is 67.3 Å². The van der Waals surface area contributed by atoms with Crippen LogP contribution in [-0.2, 0) is 23.2 Å². The molecule has 0 fully saturated rings. The molecule has 10 heteroatoms. The minimum absolute atomic E-state index is 0.188. The van der Waals surface area contributed by atoms with Crippen molar-refractivity contribution < 1.29 is 42.8 Å². The predicted octanol–water partition coefficient (Wildman–Crippen LogP) is 0.640. The number of phosphoric ester groups is 1. The number of aliphatic carboxylic acids is 2. The number of quaternary nitrogens is 1. The topological polar surface area (TPSA) is 133 Å². The average Bonchev–Trinajstić information content (AvgIpc) is 2.44. The highest BCUT2D eigenvalue weighted by Gasteiger charge is 2.21. The Labute approximate surface area is 149 Å². The van der Waals surface area contributed by atoms with E-state index in [4.69, 9.17) is 14.5 Å². The summed E-state index contributed by atoms with van der Waals surface area (Å²) in [5.74, 6) is -3.76. The number of carbonyl (C=O) groups excluding carboxylic acids is 1. The first kappa shape index (κ1) is 26.0. The molecular weight excluding hydrogens is 353 g/mol. The van der Waals surface area contributed by atoms with Gasteiger partial charge in [0.25, 0.3) is 0 Å². The molecule has 0 aromatic rings. The number of carboxylic acid groups (broad SMARTS) is 2. The third-order valence-corrected chi connectivity index (χ3v) is 3.88. The van der Waals surface area contributed by atoms with Crippen molar-refractivity contribution in [1.82, 2.24) is 0 Å². The van der Waals surface area contributed by atoms with Gasteiger partial charge in [-0.25, -0.2) is 9.36 Å². The number of nitrogens with zero attached hydrogens (tertiary/aromatic N) is 1. The maximum atomic E-state index is 11.2. The van der Waals surface area contributed by atoms with Gasteiger partial charge in [-0.05, 0) is 12.8 Å². The number of likely N-dealkylation sites (N-methyl/N-ethyl adjacent to an activating group) is 1. The molecule has 0 bridgehead atoms. The van der Waals surface area contributed by atoms with Gasteiger partial charge in [-0.15, -0.1) is 0 Å². The third kappa shape index (κ3) is 14.8. The molecule has 0 aliphatic heterocycles. The normalized spacial score (nSPS) is 14.6. The monoisotopic (exact) mass is 383 g/mol. The van der Waals surface area contributed by atoms with Crippen LogP contribution < -0.4 is 5.11 Å². The van der Waals surface area contributed by atoms with Crippen molar-refractivity contribution in [2.75, 3.05) is 40.9 Å². The van der Waals surface area contributed by atoms with E-state index in [0.29, 0.717) is 17.4 Å². The van der Waals surface area contributed by atoms with Crippen molar-refractivity contribution in [2.24, 2.45) is 5.92 Å². The molecule has 0 rings (SSSR count). The maximum absolute atomic E-state index is 11.2. The van der Waals surface area contributed by atoms with E-state index < -0.39 is 25.7 Å². The largest absolute Gasteiger partial charge is 0.549 e. The van der Waals surface area contributed by atoms with E-state index in [1.165, 1.54) is 0 Å². The third-order valence-electron chi connectivity index (χ3n) is 2.86. The molecule has 0 spiro atoms. The van der Waals surface area contributed by atoms with Gasteiger partial charge in [0.2, 0.25) is 0 Å². The Balaban J connectivity index is 0. The van der Waals surface area contributed by atoms with Crippen LogP contribution in [0.1, 0.15) is 26.7 Å². The Hall–Kier alpha value is -1.25. The van der Waals surface area contributed by atoms with Crippen molar-refractivity contribution in [3.05, 3.63) is 12.2 Å². The van der Waals surface area contributed by atoms with Gasteiger partial charge in [-0.2, -0.15) is 0 Å². The van der Waals surface area contributed by atoms with Gasteiger partial charge < -0.3 is 24.4 Å². The molecule has 0 aliphatic rings. The number of hydrogen-bond acceptors (Lipinski definition) is 6. The second-order valence-electron chi connectivity index (χ2n) is 6.26. The highest BCUT2D eigenvalue weighted by Crippen LogP contribution is 2.42. The van der Waals surface area contributed by atoms with E-state index in [2.05, 4.69) is 11.1 Å². The molecule has 0 aliphatic carbocycles. The second-order valence-corrected chi connectivity index (χ2v) is 7.71. The number of phosphoric acid groups is 1. The Bertz CT molecular complexity index is 486. The van der Waals surface area contributed by atoms with Gasteiger partial charge in [0, 0.05) is 17.5 Å². The number of rotatable bonds is 11. The lowest BCUT2D eigenvalue weighted by Crippen LogP contribution is -2.37. The van der Waals surface area contributed by atoms with E-state index in [-0.39, 0.29) is 25.2 Å². The molecule has 2 unspecified atom stereocenters. The fraction of sp³-hybridized carbons (Fsp3) is 0.733. The Morgan fingerprint density at radius 1 is 1.20 bits per heavy atom.